The van der Waals surface area contributed by atoms with Gasteiger partial charge in [0.05, 0.1) is 12.8 Å². The summed E-state index contributed by atoms with van der Waals surface area (Å²) in [6.07, 6.45) is 1.62. The summed E-state index contributed by atoms with van der Waals surface area (Å²) in [7, 11) is 3.11. The van der Waals surface area contributed by atoms with Gasteiger partial charge in [-0.2, -0.15) is 0 Å². The van der Waals surface area contributed by atoms with Gasteiger partial charge in [0.2, 0.25) is 5.91 Å². The lowest BCUT2D eigenvalue weighted by Gasteiger charge is -2.09. The Morgan fingerprint density at radius 1 is 1.20 bits per heavy atom. The number of carbonyl (C=O) groups is 1. The molecule has 0 aliphatic heterocycles. The highest BCUT2D eigenvalue weighted by molar-refractivity contribution is 5.92. The van der Waals surface area contributed by atoms with E-state index in [1.54, 1.807) is 55.7 Å². The Morgan fingerprint density at radius 3 is 2.68 bits per heavy atom. The van der Waals surface area contributed by atoms with E-state index < -0.39 is 5.69 Å². The minimum atomic E-state index is -0.393. The first-order valence-corrected chi connectivity index (χ1v) is 7.58. The fourth-order valence-corrected chi connectivity index (χ4v) is 2.38. The van der Waals surface area contributed by atoms with E-state index in [1.165, 1.54) is 11.7 Å². The van der Waals surface area contributed by atoms with Crippen LogP contribution in [0.25, 0.3) is 11.5 Å². The summed E-state index contributed by atoms with van der Waals surface area (Å²) < 4.78 is 7.66. The topological polar surface area (TPSA) is 91.0 Å². The molecule has 0 saturated carbocycles. The first-order chi connectivity index (χ1) is 12.1. The summed E-state index contributed by atoms with van der Waals surface area (Å²) in [4.78, 5) is 28.8. The highest BCUT2D eigenvalue weighted by atomic mass is 16.5. The Labute approximate surface area is 143 Å². The molecule has 25 heavy (non-hydrogen) atoms. The molecule has 1 amide bonds. The number of benzene rings is 1. The Bertz CT molecular complexity index is 946. The van der Waals surface area contributed by atoms with Crippen LogP contribution in [-0.2, 0) is 18.4 Å². The maximum Gasteiger partial charge on any atom is 0.346 e. The minimum absolute atomic E-state index is 0.211. The van der Waals surface area contributed by atoms with Crippen molar-refractivity contribution in [3.05, 3.63) is 59.1 Å². The summed E-state index contributed by atoms with van der Waals surface area (Å²) in [6, 6.07) is 12.4. The van der Waals surface area contributed by atoms with E-state index in [4.69, 9.17) is 4.74 Å². The molecule has 128 valence electrons. The van der Waals surface area contributed by atoms with Crippen molar-refractivity contribution in [3.63, 3.8) is 0 Å². The summed E-state index contributed by atoms with van der Waals surface area (Å²) in [5.41, 5.74) is 0.700. The maximum absolute atomic E-state index is 12.3. The van der Waals surface area contributed by atoms with Gasteiger partial charge in [-0.05, 0) is 24.3 Å². The van der Waals surface area contributed by atoms with E-state index >= 15 is 0 Å². The van der Waals surface area contributed by atoms with Crippen LogP contribution in [0.2, 0.25) is 0 Å². The fraction of sp³-hybridized carbons (Fsp3) is 0.176. The van der Waals surface area contributed by atoms with Crippen molar-refractivity contribution < 1.29 is 9.53 Å². The van der Waals surface area contributed by atoms with Crippen LogP contribution in [0.15, 0.2) is 53.5 Å². The number of methoxy groups -OCH3 is 1. The molecule has 3 rings (SSSR count). The number of hydrogen-bond acceptors (Lipinski definition) is 5. The third-order valence-corrected chi connectivity index (χ3v) is 3.61. The number of anilines is 1. The molecule has 2 aromatic heterocycles. The Balaban J connectivity index is 1.82. The highest BCUT2D eigenvalue weighted by Crippen LogP contribution is 2.22. The van der Waals surface area contributed by atoms with E-state index in [2.05, 4.69) is 15.4 Å². The molecule has 8 heteroatoms. The van der Waals surface area contributed by atoms with Crippen LogP contribution in [-0.4, -0.2) is 32.3 Å². The molecule has 0 saturated heterocycles. The van der Waals surface area contributed by atoms with Gasteiger partial charge in [-0.15, -0.1) is 5.10 Å². The number of amides is 1. The number of rotatable bonds is 5. The van der Waals surface area contributed by atoms with Crippen molar-refractivity contribution in [2.45, 2.75) is 6.54 Å². The maximum atomic E-state index is 12.3. The van der Waals surface area contributed by atoms with Gasteiger partial charge in [0.25, 0.3) is 0 Å². The molecule has 0 bridgehead atoms. The predicted octanol–water partition coefficient (Wildman–Crippen LogP) is 1.29. The summed E-state index contributed by atoms with van der Waals surface area (Å²) in [5, 5.41) is 6.93. The molecular weight excluding hydrogens is 322 g/mol. The van der Waals surface area contributed by atoms with Crippen molar-refractivity contribution in [1.29, 1.82) is 0 Å². The van der Waals surface area contributed by atoms with E-state index in [0.29, 0.717) is 23.0 Å². The fourth-order valence-electron chi connectivity index (χ4n) is 2.38. The van der Waals surface area contributed by atoms with Crippen molar-refractivity contribution >= 4 is 11.6 Å². The average molecular weight is 339 g/mol. The Kier molecular flexibility index (Phi) is 4.60. The second-order valence-corrected chi connectivity index (χ2v) is 5.29. The third kappa shape index (κ3) is 3.42. The highest BCUT2D eigenvalue weighted by Gasteiger charge is 2.16. The van der Waals surface area contributed by atoms with Crippen molar-refractivity contribution in [1.82, 2.24) is 19.3 Å². The second-order valence-electron chi connectivity index (χ2n) is 5.29. The van der Waals surface area contributed by atoms with Gasteiger partial charge in [0.15, 0.2) is 5.82 Å². The van der Waals surface area contributed by atoms with Crippen molar-refractivity contribution in [2.24, 2.45) is 7.05 Å². The molecule has 0 atom stereocenters. The first kappa shape index (κ1) is 16.4. The lowest BCUT2D eigenvalue weighted by atomic mass is 10.3. The van der Waals surface area contributed by atoms with E-state index in [0.717, 1.165) is 4.68 Å². The van der Waals surface area contributed by atoms with Gasteiger partial charge in [0, 0.05) is 13.2 Å². The summed E-state index contributed by atoms with van der Waals surface area (Å²) in [6.45, 7) is -0.211. The largest absolute Gasteiger partial charge is 0.495 e. The lowest BCUT2D eigenvalue weighted by molar-refractivity contribution is -0.117. The molecule has 0 aliphatic carbocycles. The van der Waals surface area contributed by atoms with E-state index in [1.807, 2.05) is 0 Å². The number of carbonyl (C=O) groups excluding carboxylic acids is 1. The number of aromatic nitrogens is 4. The molecule has 0 aliphatic rings. The summed E-state index contributed by atoms with van der Waals surface area (Å²) in [5.74, 6) is 0.561. The zero-order valence-corrected chi connectivity index (χ0v) is 13.8. The Hall–Kier alpha value is -3.42. The smallest absolute Gasteiger partial charge is 0.346 e. The van der Waals surface area contributed by atoms with Crippen molar-refractivity contribution in [3.8, 4) is 17.3 Å². The first-order valence-electron chi connectivity index (χ1n) is 7.58. The van der Waals surface area contributed by atoms with Gasteiger partial charge in [0.1, 0.15) is 18.0 Å². The quantitative estimate of drug-likeness (QED) is 0.756. The molecule has 1 aromatic carbocycles. The number of para-hydroxylation sites is 2. The third-order valence-electron chi connectivity index (χ3n) is 3.61. The molecule has 0 fully saturated rings. The van der Waals surface area contributed by atoms with Gasteiger partial charge in [-0.3, -0.25) is 14.3 Å². The van der Waals surface area contributed by atoms with Crippen molar-refractivity contribution in [2.75, 3.05) is 12.4 Å². The van der Waals surface area contributed by atoms with Crippen LogP contribution in [0.1, 0.15) is 0 Å². The zero-order valence-electron chi connectivity index (χ0n) is 13.8. The molecular formula is C17H17N5O3. The van der Waals surface area contributed by atoms with Crippen LogP contribution in [0, 0.1) is 0 Å². The molecule has 8 nitrogen and oxygen atoms in total. The van der Waals surface area contributed by atoms with Gasteiger partial charge in [-0.1, -0.05) is 18.2 Å². The van der Waals surface area contributed by atoms with Crippen LogP contribution in [0.5, 0.6) is 5.75 Å². The monoisotopic (exact) mass is 339 g/mol. The van der Waals surface area contributed by atoms with Gasteiger partial charge >= 0.3 is 5.69 Å². The van der Waals surface area contributed by atoms with Crippen LogP contribution in [0.4, 0.5) is 5.69 Å². The van der Waals surface area contributed by atoms with E-state index in [-0.39, 0.29) is 12.5 Å². The number of ether oxygens (including phenoxy) is 1. The van der Waals surface area contributed by atoms with Gasteiger partial charge in [-0.25, -0.2) is 9.48 Å². The van der Waals surface area contributed by atoms with Crippen LogP contribution >= 0.6 is 0 Å². The number of hydrogen-bond donors (Lipinski definition) is 1. The standard InChI is InChI=1S/C17H17N5O3/c1-21-16(13-8-5-6-10-18-13)20-22(17(21)24)11-15(23)19-12-7-3-4-9-14(12)25-2/h3-10H,11H2,1-2H3,(H,19,23). The number of nitrogens with zero attached hydrogens (tertiary/aromatic N) is 4. The molecule has 3 aromatic rings. The number of pyridine rings is 1. The molecule has 1 N–H and O–H groups in total. The molecule has 0 radical (unpaired) electrons. The lowest BCUT2D eigenvalue weighted by Crippen LogP contribution is -2.29. The normalized spacial score (nSPS) is 10.5. The predicted molar refractivity (Wildman–Crippen MR) is 92.3 cm³/mol. The Morgan fingerprint density at radius 2 is 1.96 bits per heavy atom. The van der Waals surface area contributed by atoms with E-state index in [9.17, 15) is 9.59 Å². The second kappa shape index (κ2) is 7.00. The average Bonchev–Trinajstić information content (AvgIpc) is 2.91. The number of nitrogens with one attached hydrogen (secondary N) is 1. The van der Waals surface area contributed by atoms with Crippen LogP contribution < -0.4 is 15.7 Å². The minimum Gasteiger partial charge on any atom is -0.495 e. The van der Waals surface area contributed by atoms with Crippen LogP contribution in [0.3, 0.4) is 0 Å². The zero-order chi connectivity index (χ0) is 17.8. The SMILES string of the molecule is COc1ccccc1NC(=O)Cn1nc(-c2ccccn2)n(C)c1=O. The molecule has 0 spiro atoms. The molecule has 2 heterocycles. The van der Waals surface area contributed by atoms with Gasteiger partial charge < -0.3 is 10.1 Å². The summed E-state index contributed by atoms with van der Waals surface area (Å²) >= 11 is 0. The molecule has 0 unspecified atom stereocenters.